The van der Waals surface area contributed by atoms with Crippen LogP contribution in [0.2, 0.25) is 0 Å². The number of rotatable bonds is 2. The number of benzene rings is 1. The summed E-state index contributed by atoms with van der Waals surface area (Å²) < 4.78 is 1.07. The Balaban J connectivity index is 1.79. The van der Waals surface area contributed by atoms with Gasteiger partial charge >= 0.3 is 0 Å². The Labute approximate surface area is 141 Å². The van der Waals surface area contributed by atoms with Crippen LogP contribution in [0, 0.1) is 0 Å². The van der Waals surface area contributed by atoms with E-state index in [2.05, 4.69) is 43.2 Å². The lowest BCUT2D eigenvalue weighted by Crippen LogP contribution is -2.25. The average molecular weight is 375 g/mol. The lowest BCUT2D eigenvalue weighted by atomic mass is 10.1. The first kappa shape index (κ1) is 14.1. The van der Waals surface area contributed by atoms with Crippen molar-refractivity contribution in [3.8, 4) is 0 Å². The fourth-order valence-electron chi connectivity index (χ4n) is 2.82. The van der Waals surface area contributed by atoms with Crippen LogP contribution < -0.4 is 5.32 Å². The minimum atomic E-state index is 0.911. The van der Waals surface area contributed by atoms with E-state index in [1.807, 2.05) is 24.3 Å². The van der Waals surface area contributed by atoms with E-state index in [1.165, 1.54) is 15.8 Å². The number of hydrogen-bond acceptors (Lipinski definition) is 5. The molecular weight excluding hydrogens is 360 g/mol. The minimum Gasteiger partial charge on any atom is -0.340 e. The second-order valence-electron chi connectivity index (χ2n) is 5.53. The molecule has 4 rings (SSSR count). The summed E-state index contributed by atoms with van der Waals surface area (Å²) in [4.78, 5) is 13.8. The van der Waals surface area contributed by atoms with Crippen molar-refractivity contribution in [2.45, 2.75) is 13.0 Å². The fourth-order valence-corrected chi connectivity index (χ4v) is 4.35. The molecule has 3 heterocycles. The van der Waals surface area contributed by atoms with Crippen molar-refractivity contribution in [3.05, 3.63) is 45.5 Å². The van der Waals surface area contributed by atoms with E-state index in [-0.39, 0.29) is 0 Å². The Hall–Kier alpha value is -1.50. The quantitative estimate of drug-likeness (QED) is 0.730. The van der Waals surface area contributed by atoms with Crippen LogP contribution in [0.4, 0.5) is 11.5 Å². The molecule has 0 spiro atoms. The van der Waals surface area contributed by atoms with Crippen LogP contribution in [0.25, 0.3) is 10.2 Å². The highest BCUT2D eigenvalue weighted by Crippen LogP contribution is 2.37. The molecule has 0 bridgehead atoms. The van der Waals surface area contributed by atoms with Crippen LogP contribution >= 0.6 is 27.3 Å². The summed E-state index contributed by atoms with van der Waals surface area (Å²) in [5.74, 6) is 0.911. The normalized spacial score (nSPS) is 15.0. The third kappa shape index (κ3) is 2.51. The van der Waals surface area contributed by atoms with E-state index in [0.29, 0.717) is 0 Å². The highest BCUT2D eigenvalue weighted by atomic mass is 79.9. The van der Waals surface area contributed by atoms with Crippen LogP contribution in [-0.4, -0.2) is 28.5 Å². The van der Waals surface area contributed by atoms with E-state index in [9.17, 15) is 0 Å². The molecule has 2 aromatic heterocycles. The number of anilines is 2. The smallest absolute Gasteiger partial charge is 0.142 e. The Morgan fingerprint density at radius 2 is 2.05 bits per heavy atom. The Morgan fingerprint density at radius 3 is 2.86 bits per heavy atom. The first-order valence-corrected chi connectivity index (χ1v) is 8.78. The molecule has 1 aliphatic rings. The Morgan fingerprint density at radius 1 is 1.23 bits per heavy atom. The van der Waals surface area contributed by atoms with Crippen LogP contribution in [0.3, 0.4) is 0 Å². The van der Waals surface area contributed by atoms with Crippen molar-refractivity contribution in [2.75, 3.05) is 18.9 Å². The highest BCUT2D eigenvalue weighted by molar-refractivity contribution is 9.10. The summed E-state index contributed by atoms with van der Waals surface area (Å²) in [5.41, 5.74) is 2.45. The first-order chi connectivity index (χ1) is 10.7. The summed E-state index contributed by atoms with van der Waals surface area (Å²) in [6, 6.07) is 8.15. The van der Waals surface area contributed by atoms with Gasteiger partial charge in [0.25, 0.3) is 0 Å². The summed E-state index contributed by atoms with van der Waals surface area (Å²) in [6.07, 6.45) is 2.71. The molecule has 1 N–H and O–H groups in total. The number of aromatic nitrogens is 2. The van der Waals surface area contributed by atoms with E-state index in [4.69, 9.17) is 0 Å². The summed E-state index contributed by atoms with van der Waals surface area (Å²) in [5, 5.41) is 4.64. The van der Waals surface area contributed by atoms with Gasteiger partial charge in [0, 0.05) is 28.1 Å². The van der Waals surface area contributed by atoms with Crippen molar-refractivity contribution >= 4 is 49.0 Å². The van der Waals surface area contributed by atoms with E-state index in [1.54, 1.807) is 17.7 Å². The van der Waals surface area contributed by atoms with Gasteiger partial charge in [-0.1, -0.05) is 15.9 Å². The number of likely N-dealkylation sites (N-methyl/N-ethyl adjacent to an activating group) is 1. The molecule has 112 valence electrons. The van der Waals surface area contributed by atoms with Gasteiger partial charge in [0.05, 0.1) is 5.39 Å². The Kier molecular flexibility index (Phi) is 3.60. The molecule has 0 radical (unpaired) electrons. The SMILES string of the molecule is CN1CCc2c(sc3ncnc(Nc4ccc(Br)cc4)c23)C1. The summed E-state index contributed by atoms with van der Waals surface area (Å²) in [7, 11) is 2.17. The fraction of sp³-hybridized carbons (Fsp3) is 0.250. The second kappa shape index (κ2) is 5.61. The minimum absolute atomic E-state index is 0.911. The van der Waals surface area contributed by atoms with Gasteiger partial charge in [-0.3, -0.25) is 0 Å². The first-order valence-electron chi connectivity index (χ1n) is 7.17. The average Bonchev–Trinajstić information content (AvgIpc) is 2.88. The van der Waals surface area contributed by atoms with Crippen LogP contribution in [0.15, 0.2) is 35.1 Å². The molecule has 6 heteroatoms. The van der Waals surface area contributed by atoms with Gasteiger partial charge in [-0.2, -0.15) is 0 Å². The van der Waals surface area contributed by atoms with Gasteiger partial charge in [-0.25, -0.2) is 9.97 Å². The monoisotopic (exact) mass is 374 g/mol. The van der Waals surface area contributed by atoms with Crippen molar-refractivity contribution in [1.82, 2.24) is 14.9 Å². The van der Waals surface area contributed by atoms with Crippen molar-refractivity contribution in [3.63, 3.8) is 0 Å². The van der Waals surface area contributed by atoms with Gasteiger partial charge in [-0.05, 0) is 43.3 Å². The molecular formula is C16H15BrN4S. The molecule has 1 aromatic carbocycles. The van der Waals surface area contributed by atoms with Gasteiger partial charge < -0.3 is 10.2 Å². The zero-order chi connectivity index (χ0) is 15.1. The maximum Gasteiger partial charge on any atom is 0.142 e. The molecule has 0 saturated carbocycles. The number of fused-ring (bicyclic) bond motifs is 3. The standard InChI is InChI=1S/C16H15BrN4S/c1-21-7-6-12-13(8-21)22-16-14(12)15(18-9-19-16)20-11-4-2-10(17)3-5-11/h2-5,9H,6-8H2,1H3,(H,18,19,20). The molecule has 0 aliphatic carbocycles. The lowest BCUT2D eigenvalue weighted by molar-refractivity contribution is 0.318. The van der Waals surface area contributed by atoms with Gasteiger partial charge in [-0.15, -0.1) is 11.3 Å². The molecule has 0 unspecified atom stereocenters. The van der Waals surface area contributed by atoms with Crippen LogP contribution in [0.1, 0.15) is 10.4 Å². The topological polar surface area (TPSA) is 41.1 Å². The van der Waals surface area contributed by atoms with Crippen molar-refractivity contribution in [2.24, 2.45) is 0 Å². The molecule has 0 saturated heterocycles. The zero-order valence-electron chi connectivity index (χ0n) is 12.1. The third-order valence-electron chi connectivity index (χ3n) is 3.93. The van der Waals surface area contributed by atoms with E-state index in [0.717, 1.165) is 40.3 Å². The number of nitrogens with one attached hydrogen (secondary N) is 1. The van der Waals surface area contributed by atoms with Crippen LogP contribution in [0.5, 0.6) is 0 Å². The van der Waals surface area contributed by atoms with Gasteiger partial charge in [0.2, 0.25) is 0 Å². The maximum absolute atomic E-state index is 4.48. The van der Waals surface area contributed by atoms with Crippen molar-refractivity contribution < 1.29 is 0 Å². The largest absolute Gasteiger partial charge is 0.340 e. The number of nitrogens with zero attached hydrogens (tertiary/aromatic N) is 3. The van der Waals surface area contributed by atoms with Crippen molar-refractivity contribution in [1.29, 1.82) is 0 Å². The molecule has 0 atom stereocenters. The number of thiophene rings is 1. The van der Waals surface area contributed by atoms with Crippen LogP contribution in [-0.2, 0) is 13.0 Å². The predicted octanol–water partition coefficient (Wildman–Crippen LogP) is 4.19. The lowest BCUT2D eigenvalue weighted by Gasteiger charge is -2.22. The summed E-state index contributed by atoms with van der Waals surface area (Å²) in [6.45, 7) is 2.10. The third-order valence-corrected chi connectivity index (χ3v) is 5.59. The highest BCUT2D eigenvalue weighted by Gasteiger charge is 2.22. The maximum atomic E-state index is 4.48. The second-order valence-corrected chi connectivity index (χ2v) is 7.53. The molecule has 4 nitrogen and oxygen atoms in total. The predicted molar refractivity (Wildman–Crippen MR) is 94.9 cm³/mol. The molecule has 3 aromatic rings. The number of halogens is 1. The molecule has 0 fully saturated rings. The number of hydrogen-bond donors (Lipinski definition) is 1. The van der Waals surface area contributed by atoms with Gasteiger partial charge in [0.15, 0.2) is 0 Å². The van der Waals surface area contributed by atoms with E-state index < -0.39 is 0 Å². The molecule has 0 amide bonds. The van der Waals surface area contributed by atoms with E-state index >= 15 is 0 Å². The van der Waals surface area contributed by atoms with Gasteiger partial charge in [0.1, 0.15) is 17.0 Å². The molecule has 1 aliphatic heterocycles. The summed E-state index contributed by atoms with van der Waals surface area (Å²) >= 11 is 5.25. The Bertz CT molecular complexity index is 828. The zero-order valence-corrected chi connectivity index (χ0v) is 14.5. The molecule has 22 heavy (non-hydrogen) atoms.